The average molecular weight is 272 g/mol. The molecule has 0 aliphatic rings. The topological polar surface area (TPSA) is 98.3 Å². The van der Waals surface area contributed by atoms with Gasteiger partial charge in [0.05, 0.1) is 9.95 Å². The average Bonchev–Trinajstić information content (AvgIpc) is 2.27. The molecule has 0 saturated carbocycles. The molecule has 0 aliphatic carbocycles. The van der Waals surface area contributed by atoms with Gasteiger partial charge in [-0.2, -0.15) is 0 Å². The van der Waals surface area contributed by atoms with E-state index >= 15 is 0 Å². The van der Waals surface area contributed by atoms with E-state index in [1.165, 1.54) is 18.2 Å². The normalized spacial score (nSPS) is 11.1. The van der Waals surface area contributed by atoms with Gasteiger partial charge in [-0.3, -0.25) is 14.9 Å². The van der Waals surface area contributed by atoms with Gasteiger partial charge in [-0.05, 0) is 19.9 Å². The number of amides is 1. The third-order valence-corrected chi connectivity index (χ3v) is 2.69. The molecule has 0 saturated heterocycles. The lowest BCUT2D eigenvalue weighted by Gasteiger charge is -2.24. The van der Waals surface area contributed by atoms with Crippen molar-refractivity contribution in [2.24, 2.45) is 5.73 Å². The number of nitrogens with one attached hydrogen (secondary N) is 1. The molecule has 0 spiro atoms. The second-order valence-electron chi connectivity index (χ2n) is 4.43. The number of hydrogen-bond acceptors (Lipinski definition) is 4. The molecule has 3 N–H and O–H groups in total. The summed E-state index contributed by atoms with van der Waals surface area (Å²) in [5, 5.41) is 13.5. The van der Waals surface area contributed by atoms with E-state index in [9.17, 15) is 14.9 Å². The monoisotopic (exact) mass is 271 g/mol. The number of halogens is 1. The number of nitrogens with two attached hydrogens (primary N) is 1. The predicted octanol–water partition coefficient (Wildman–Crippen LogP) is 1.72. The Morgan fingerprint density at radius 3 is 2.67 bits per heavy atom. The van der Waals surface area contributed by atoms with Crippen LogP contribution in [0.2, 0.25) is 5.02 Å². The fourth-order valence-electron chi connectivity index (χ4n) is 1.31. The summed E-state index contributed by atoms with van der Waals surface area (Å²) in [7, 11) is 0. The summed E-state index contributed by atoms with van der Waals surface area (Å²) in [6.07, 6.45) is 0. The van der Waals surface area contributed by atoms with E-state index in [1.807, 2.05) is 0 Å². The van der Waals surface area contributed by atoms with Gasteiger partial charge in [0, 0.05) is 18.2 Å². The van der Waals surface area contributed by atoms with Crippen LogP contribution in [0.25, 0.3) is 0 Å². The van der Waals surface area contributed by atoms with Crippen molar-refractivity contribution < 1.29 is 9.72 Å². The maximum atomic E-state index is 12.0. The summed E-state index contributed by atoms with van der Waals surface area (Å²) in [6, 6.07) is 4.08. The lowest BCUT2D eigenvalue weighted by Crippen LogP contribution is -2.49. The summed E-state index contributed by atoms with van der Waals surface area (Å²) in [5.41, 5.74) is 4.35. The molecule has 0 radical (unpaired) electrons. The number of nitrogens with zero attached hydrogens (tertiary/aromatic N) is 1. The predicted molar refractivity (Wildman–Crippen MR) is 68.7 cm³/mol. The molecule has 0 bridgehead atoms. The lowest BCUT2D eigenvalue weighted by atomic mass is 10.0. The first-order valence-corrected chi connectivity index (χ1v) is 5.62. The van der Waals surface area contributed by atoms with Crippen LogP contribution in [-0.4, -0.2) is 22.9 Å². The maximum Gasteiger partial charge on any atom is 0.283 e. The molecule has 0 aliphatic heterocycles. The third-order valence-electron chi connectivity index (χ3n) is 2.38. The molecule has 18 heavy (non-hydrogen) atoms. The minimum Gasteiger partial charge on any atom is -0.346 e. The van der Waals surface area contributed by atoms with E-state index in [1.54, 1.807) is 13.8 Å². The van der Waals surface area contributed by atoms with Crippen molar-refractivity contribution in [1.29, 1.82) is 0 Å². The Labute approximate surface area is 109 Å². The first-order chi connectivity index (χ1) is 8.28. The second-order valence-corrected chi connectivity index (χ2v) is 4.84. The van der Waals surface area contributed by atoms with Crippen LogP contribution >= 0.6 is 11.6 Å². The highest BCUT2D eigenvalue weighted by Crippen LogP contribution is 2.26. The highest BCUT2D eigenvalue weighted by Gasteiger charge is 2.27. The number of nitro benzene ring substituents is 1. The lowest BCUT2D eigenvalue weighted by molar-refractivity contribution is -0.385. The van der Waals surface area contributed by atoms with Crippen LogP contribution < -0.4 is 11.1 Å². The summed E-state index contributed by atoms with van der Waals surface area (Å²) in [5.74, 6) is -0.609. The van der Waals surface area contributed by atoms with E-state index in [4.69, 9.17) is 17.3 Å². The molecule has 98 valence electrons. The van der Waals surface area contributed by atoms with Crippen molar-refractivity contribution >= 4 is 23.2 Å². The zero-order valence-electron chi connectivity index (χ0n) is 10.1. The maximum absolute atomic E-state index is 12.0. The molecular formula is C11H14ClN3O3. The first-order valence-electron chi connectivity index (χ1n) is 5.24. The quantitative estimate of drug-likeness (QED) is 0.643. The SMILES string of the molecule is CC(C)(CN)NC(=O)c1c(Cl)cccc1[N+](=O)[O-]. The van der Waals surface area contributed by atoms with Crippen molar-refractivity contribution in [2.75, 3.05) is 6.54 Å². The van der Waals surface area contributed by atoms with Crippen LogP contribution in [-0.2, 0) is 0 Å². The fourth-order valence-corrected chi connectivity index (χ4v) is 1.57. The molecule has 0 unspecified atom stereocenters. The zero-order chi connectivity index (χ0) is 13.9. The molecule has 1 aromatic rings. The van der Waals surface area contributed by atoms with Crippen LogP contribution in [0.3, 0.4) is 0 Å². The first kappa shape index (κ1) is 14.4. The summed E-state index contributed by atoms with van der Waals surface area (Å²) >= 11 is 5.84. The Morgan fingerprint density at radius 1 is 1.56 bits per heavy atom. The van der Waals surface area contributed by atoms with Crippen LogP contribution in [0, 0.1) is 10.1 Å². The van der Waals surface area contributed by atoms with Crippen LogP contribution in [0.5, 0.6) is 0 Å². The molecule has 0 heterocycles. The minimum atomic E-state index is -0.663. The Bertz CT molecular complexity index is 488. The molecule has 0 fully saturated rings. The van der Waals surface area contributed by atoms with E-state index in [2.05, 4.69) is 5.32 Å². The highest BCUT2D eigenvalue weighted by atomic mass is 35.5. The number of nitro groups is 1. The summed E-state index contributed by atoms with van der Waals surface area (Å²) in [4.78, 5) is 22.2. The highest BCUT2D eigenvalue weighted by molar-refractivity contribution is 6.34. The van der Waals surface area contributed by atoms with Gasteiger partial charge in [0.15, 0.2) is 0 Å². The van der Waals surface area contributed by atoms with Crippen LogP contribution in [0.4, 0.5) is 5.69 Å². The van der Waals surface area contributed by atoms with E-state index < -0.39 is 16.4 Å². The van der Waals surface area contributed by atoms with Gasteiger partial charge in [-0.25, -0.2) is 0 Å². The summed E-state index contributed by atoms with van der Waals surface area (Å²) < 4.78 is 0. The van der Waals surface area contributed by atoms with Crippen molar-refractivity contribution in [3.05, 3.63) is 38.9 Å². The third kappa shape index (κ3) is 3.18. The minimum absolute atomic E-state index is 0.0366. The van der Waals surface area contributed by atoms with Crippen molar-refractivity contribution in [3.63, 3.8) is 0 Å². The number of benzene rings is 1. The summed E-state index contributed by atoms with van der Waals surface area (Å²) in [6.45, 7) is 3.64. The Balaban J connectivity index is 3.17. The van der Waals surface area contributed by atoms with Gasteiger partial charge in [-0.1, -0.05) is 17.7 Å². The largest absolute Gasteiger partial charge is 0.346 e. The van der Waals surface area contributed by atoms with Gasteiger partial charge in [0.1, 0.15) is 5.56 Å². The van der Waals surface area contributed by atoms with E-state index in [0.29, 0.717) is 0 Å². The van der Waals surface area contributed by atoms with E-state index in [0.717, 1.165) is 0 Å². The second kappa shape index (κ2) is 5.32. The zero-order valence-corrected chi connectivity index (χ0v) is 10.8. The number of rotatable bonds is 4. The van der Waals surface area contributed by atoms with Crippen LogP contribution in [0.15, 0.2) is 18.2 Å². The van der Waals surface area contributed by atoms with Crippen molar-refractivity contribution in [2.45, 2.75) is 19.4 Å². The fraction of sp³-hybridized carbons (Fsp3) is 0.364. The molecule has 6 nitrogen and oxygen atoms in total. The van der Waals surface area contributed by atoms with Crippen molar-refractivity contribution in [1.82, 2.24) is 5.32 Å². The van der Waals surface area contributed by atoms with Crippen LogP contribution in [0.1, 0.15) is 24.2 Å². The Morgan fingerprint density at radius 2 is 2.17 bits per heavy atom. The van der Waals surface area contributed by atoms with E-state index in [-0.39, 0.29) is 22.8 Å². The smallest absolute Gasteiger partial charge is 0.283 e. The van der Waals surface area contributed by atoms with Gasteiger partial charge in [0.2, 0.25) is 0 Å². The molecule has 0 atom stereocenters. The molecule has 7 heteroatoms. The van der Waals surface area contributed by atoms with Crippen molar-refractivity contribution in [3.8, 4) is 0 Å². The Kier molecular flexibility index (Phi) is 4.26. The standard InChI is InChI=1S/C11H14ClN3O3/c1-11(2,6-13)14-10(16)9-7(12)4-3-5-8(9)15(17)18/h3-5H,6,13H2,1-2H3,(H,14,16). The molecule has 1 aromatic carbocycles. The molecule has 1 amide bonds. The Hall–Kier alpha value is -1.66. The number of carbonyl (C=O) groups excluding carboxylic acids is 1. The van der Waals surface area contributed by atoms with Gasteiger partial charge in [0.25, 0.3) is 11.6 Å². The molecule has 0 aromatic heterocycles. The molecular weight excluding hydrogens is 258 g/mol. The number of carbonyl (C=O) groups is 1. The van der Waals surface area contributed by atoms with Gasteiger partial charge >= 0.3 is 0 Å². The van der Waals surface area contributed by atoms with Gasteiger partial charge in [-0.15, -0.1) is 0 Å². The van der Waals surface area contributed by atoms with Gasteiger partial charge < -0.3 is 11.1 Å². The number of hydrogen-bond donors (Lipinski definition) is 2. The molecule has 1 rings (SSSR count).